The van der Waals surface area contributed by atoms with Gasteiger partial charge in [-0.2, -0.15) is 4.98 Å². The highest BCUT2D eigenvalue weighted by molar-refractivity contribution is 5.58. The van der Waals surface area contributed by atoms with Gasteiger partial charge in [0, 0.05) is 5.56 Å². The molecule has 0 bridgehead atoms. The Kier molecular flexibility index (Phi) is 4.28. The van der Waals surface area contributed by atoms with Crippen LogP contribution in [-0.4, -0.2) is 32.2 Å². The van der Waals surface area contributed by atoms with Gasteiger partial charge in [-0.3, -0.25) is 0 Å². The number of methoxy groups -OCH3 is 1. The number of hydrogen-bond donors (Lipinski definition) is 0. The second-order valence-electron chi connectivity index (χ2n) is 6.57. The Morgan fingerprint density at radius 2 is 2.03 bits per heavy atom. The van der Waals surface area contributed by atoms with Crippen LogP contribution in [0.2, 0.25) is 0 Å². The Morgan fingerprint density at radius 3 is 2.83 bits per heavy atom. The minimum absolute atomic E-state index is 0.143. The van der Waals surface area contributed by atoms with Gasteiger partial charge < -0.3 is 14.0 Å². The number of hydrogen-bond acceptors (Lipinski definition) is 7. The normalized spacial score (nSPS) is 15.9. The highest BCUT2D eigenvalue weighted by Crippen LogP contribution is 2.31. The maximum absolute atomic E-state index is 13.4. The predicted molar refractivity (Wildman–Crippen MR) is 99.2 cm³/mol. The Hall–Kier alpha value is -3.59. The summed E-state index contributed by atoms with van der Waals surface area (Å²) in [6.07, 6.45) is -0.143. The van der Waals surface area contributed by atoms with E-state index in [9.17, 15) is 4.39 Å². The average Bonchev–Trinajstić information content (AvgIpc) is 3.40. The van der Waals surface area contributed by atoms with Gasteiger partial charge in [-0.25, -0.2) is 9.07 Å². The minimum atomic E-state index is -0.374. The topological polar surface area (TPSA) is 88.1 Å². The van der Waals surface area contributed by atoms with Crippen molar-refractivity contribution < 1.29 is 18.4 Å². The van der Waals surface area contributed by atoms with Crippen molar-refractivity contribution in [1.29, 1.82) is 0 Å². The van der Waals surface area contributed by atoms with Crippen molar-refractivity contribution in [3.63, 3.8) is 0 Å². The zero-order valence-electron chi connectivity index (χ0n) is 15.4. The van der Waals surface area contributed by atoms with E-state index in [2.05, 4.69) is 20.5 Å². The van der Waals surface area contributed by atoms with Crippen LogP contribution >= 0.6 is 0 Å². The van der Waals surface area contributed by atoms with Gasteiger partial charge in [0.2, 0.25) is 5.82 Å². The predicted octanol–water partition coefficient (Wildman–Crippen LogP) is 3.41. The lowest BCUT2D eigenvalue weighted by molar-refractivity contribution is -0.00114. The van der Waals surface area contributed by atoms with Crippen LogP contribution in [0.25, 0.3) is 23.0 Å². The first-order valence-corrected chi connectivity index (χ1v) is 8.99. The molecule has 0 amide bonds. The molecule has 0 saturated carbocycles. The summed E-state index contributed by atoms with van der Waals surface area (Å²) in [7, 11) is 1.63. The van der Waals surface area contributed by atoms with Crippen molar-refractivity contribution in [3.8, 4) is 28.7 Å². The summed E-state index contributed by atoms with van der Waals surface area (Å²) in [5.41, 5.74) is 2.79. The van der Waals surface area contributed by atoms with E-state index >= 15 is 0 Å². The molecule has 0 N–H and O–H groups in total. The van der Waals surface area contributed by atoms with Crippen molar-refractivity contribution in [2.45, 2.75) is 19.3 Å². The van der Waals surface area contributed by atoms with Crippen molar-refractivity contribution in [1.82, 2.24) is 25.1 Å². The van der Waals surface area contributed by atoms with Gasteiger partial charge in [0.05, 0.1) is 26.0 Å². The lowest BCUT2D eigenvalue weighted by atomic mass is 10.1. The van der Waals surface area contributed by atoms with E-state index in [1.165, 1.54) is 12.1 Å². The maximum Gasteiger partial charge on any atom is 0.258 e. The first kappa shape index (κ1) is 17.5. The molecule has 0 unspecified atom stereocenters. The van der Waals surface area contributed by atoms with Crippen molar-refractivity contribution in [2.75, 3.05) is 7.11 Å². The standard InChI is InChI=1S/C20H16FN5O3/c1-27-15-7-5-12(6-8-15)17-10-26-16(11-28-17)18(23-25-26)19-22-20(29-24-19)13-3-2-4-14(21)9-13/h2-9,17H,10-11H2,1H3/t17-/m0/s1. The quantitative estimate of drug-likeness (QED) is 0.525. The van der Waals surface area contributed by atoms with Gasteiger partial charge in [0.25, 0.3) is 5.89 Å². The van der Waals surface area contributed by atoms with Gasteiger partial charge in [0.1, 0.15) is 17.7 Å². The fourth-order valence-electron chi connectivity index (χ4n) is 3.26. The van der Waals surface area contributed by atoms with Crippen LogP contribution < -0.4 is 4.74 Å². The highest BCUT2D eigenvalue weighted by Gasteiger charge is 2.27. The molecule has 5 rings (SSSR count). The maximum atomic E-state index is 13.4. The van der Waals surface area contributed by atoms with Crippen LogP contribution in [0.1, 0.15) is 17.4 Å². The van der Waals surface area contributed by atoms with Crippen LogP contribution in [0.4, 0.5) is 4.39 Å². The molecule has 0 fully saturated rings. The Bertz CT molecular complexity index is 1160. The van der Waals surface area contributed by atoms with E-state index in [-0.39, 0.29) is 23.6 Å². The van der Waals surface area contributed by atoms with E-state index in [0.29, 0.717) is 24.4 Å². The van der Waals surface area contributed by atoms with Crippen molar-refractivity contribution in [3.05, 3.63) is 65.6 Å². The number of benzene rings is 2. The molecule has 1 aliphatic rings. The summed E-state index contributed by atoms with van der Waals surface area (Å²) in [4.78, 5) is 4.34. The largest absolute Gasteiger partial charge is 0.497 e. The molecule has 9 heteroatoms. The highest BCUT2D eigenvalue weighted by atomic mass is 19.1. The summed E-state index contributed by atoms with van der Waals surface area (Å²) in [5, 5.41) is 12.4. The van der Waals surface area contributed by atoms with Gasteiger partial charge in [-0.1, -0.05) is 28.6 Å². The van der Waals surface area contributed by atoms with Gasteiger partial charge >= 0.3 is 0 Å². The molecule has 146 valence electrons. The first-order chi connectivity index (χ1) is 14.2. The summed E-state index contributed by atoms with van der Waals surface area (Å²) in [6, 6.07) is 13.7. The van der Waals surface area contributed by atoms with Crippen LogP contribution in [0.15, 0.2) is 53.1 Å². The van der Waals surface area contributed by atoms with Crippen LogP contribution in [-0.2, 0) is 17.9 Å². The lowest BCUT2D eigenvalue weighted by Gasteiger charge is -2.24. The third-order valence-electron chi connectivity index (χ3n) is 4.79. The Balaban J connectivity index is 1.39. The molecule has 29 heavy (non-hydrogen) atoms. The number of fused-ring (bicyclic) bond motifs is 1. The molecule has 2 aromatic carbocycles. The molecule has 1 aliphatic heterocycles. The van der Waals surface area contributed by atoms with Crippen molar-refractivity contribution >= 4 is 0 Å². The Labute approximate surface area is 164 Å². The van der Waals surface area contributed by atoms with Gasteiger partial charge in [0.15, 0.2) is 5.69 Å². The SMILES string of the molecule is COc1ccc([C@@H]2Cn3nnc(-c4noc(-c5cccc(F)c5)n4)c3CO2)cc1. The monoisotopic (exact) mass is 393 g/mol. The van der Waals surface area contributed by atoms with E-state index in [1.807, 2.05) is 24.3 Å². The van der Waals surface area contributed by atoms with Crippen LogP contribution in [0, 0.1) is 5.82 Å². The molecule has 3 heterocycles. The molecule has 0 radical (unpaired) electrons. The zero-order valence-corrected chi connectivity index (χ0v) is 15.4. The summed E-state index contributed by atoms with van der Waals surface area (Å²) >= 11 is 0. The van der Waals surface area contributed by atoms with Crippen LogP contribution in [0.3, 0.4) is 0 Å². The number of halogens is 1. The van der Waals surface area contributed by atoms with E-state index in [4.69, 9.17) is 14.0 Å². The number of aromatic nitrogens is 5. The molecular formula is C20H16FN5O3. The molecule has 0 spiro atoms. The second kappa shape index (κ2) is 7.10. The van der Waals surface area contributed by atoms with Crippen LogP contribution in [0.5, 0.6) is 5.75 Å². The van der Waals surface area contributed by atoms with Gasteiger partial charge in [-0.15, -0.1) is 5.10 Å². The number of nitrogens with zero attached hydrogens (tertiary/aromatic N) is 5. The summed E-state index contributed by atoms with van der Waals surface area (Å²) < 4.78 is 31.7. The fraction of sp³-hybridized carbons (Fsp3) is 0.200. The second-order valence-corrected chi connectivity index (χ2v) is 6.57. The molecule has 8 nitrogen and oxygen atoms in total. The Morgan fingerprint density at radius 1 is 1.17 bits per heavy atom. The third kappa shape index (κ3) is 3.25. The fourth-order valence-corrected chi connectivity index (χ4v) is 3.26. The minimum Gasteiger partial charge on any atom is -0.497 e. The number of rotatable bonds is 4. The first-order valence-electron chi connectivity index (χ1n) is 8.99. The zero-order chi connectivity index (χ0) is 19.8. The van der Waals surface area contributed by atoms with E-state index in [1.54, 1.807) is 23.9 Å². The molecule has 4 aromatic rings. The molecule has 0 aliphatic carbocycles. The molecule has 0 saturated heterocycles. The smallest absolute Gasteiger partial charge is 0.258 e. The summed E-state index contributed by atoms with van der Waals surface area (Å²) in [6.45, 7) is 0.826. The molecule has 1 atom stereocenters. The average molecular weight is 393 g/mol. The van der Waals surface area contributed by atoms with Crippen molar-refractivity contribution in [2.24, 2.45) is 0 Å². The third-order valence-corrected chi connectivity index (χ3v) is 4.79. The lowest BCUT2D eigenvalue weighted by Crippen LogP contribution is -2.22. The molecular weight excluding hydrogens is 377 g/mol. The summed E-state index contributed by atoms with van der Waals surface area (Å²) in [5.74, 6) is 0.923. The van der Waals surface area contributed by atoms with E-state index in [0.717, 1.165) is 17.0 Å². The number of ether oxygens (including phenoxy) is 2. The van der Waals surface area contributed by atoms with Gasteiger partial charge in [-0.05, 0) is 35.9 Å². The molecule has 2 aromatic heterocycles. The van der Waals surface area contributed by atoms with E-state index < -0.39 is 0 Å².